The van der Waals surface area contributed by atoms with Crippen molar-refractivity contribution in [3.05, 3.63) is 17.6 Å². The summed E-state index contributed by atoms with van der Waals surface area (Å²) in [6.45, 7) is 10.5. The molecule has 5 nitrogen and oxygen atoms in total. The van der Waals surface area contributed by atoms with Crippen molar-refractivity contribution in [1.29, 1.82) is 0 Å². The number of hydrogen-bond acceptors (Lipinski definition) is 5. The summed E-state index contributed by atoms with van der Waals surface area (Å²) in [6.07, 6.45) is 0. The zero-order valence-corrected chi connectivity index (χ0v) is 11.8. The molecule has 0 atom stereocenters. The first-order chi connectivity index (χ1) is 8.54. The molecule has 1 aromatic rings. The number of hydrogen-bond donors (Lipinski definition) is 1. The van der Waals surface area contributed by atoms with E-state index in [1.54, 1.807) is 0 Å². The van der Waals surface area contributed by atoms with Crippen LogP contribution in [0.4, 0.5) is 5.82 Å². The molecular formula is C13H23N5. The molecule has 0 aliphatic carbocycles. The van der Waals surface area contributed by atoms with Gasteiger partial charge in [0.05, 0.1) is 0 Å². The van der Waals surface area contributed by atoms with E-state index in [4.69, 9.17) is 0 Å². The lowest BCUT2D eigenvalue weighted by Gasteiger charge is -2.32. The van der Waals surface area contributed by atoms with E-state index in [1.807, 2.05) is 13.0 Å². The average Bonchev–Trinajstić information content (AvgIpc) is 2.31. The second-order valence-corrected chi connectivity index (χ2v) is 5.31. The van der Waals surface area contributed by atoms with E-state index in [2.05, 4.69) is 46.2 Å². The molecule has 1 aliphatic heterocycles. The third-order valence-electron chi connectivity index (χ3n) is 3.16. The second kappa shape index (κ2) is 5.63. The predicted octanol–water partition coefficient (Wildman–Crippen LogP) is 1.48. The van der Waals surface area contributed by atoms with Crippen LogP contribution in [0.2, 0.25) is 0 Å². The van der Waals surface area contributed by atoms with Crippen LogP contribution in [0.25, 0.3) is 0 Å². The van der Waals surface area contributed by atoms with Gasteiger partial charge in [0.1, 0.15) is 11.6 Å². The minimum Gasteiger partial charge on any atom is -0.304 e. The molecule has 0 radical (unpaired) electrons. The van der Waals surface area contributed by atoms with Crippen LogP contribution >= 0.6 is 0 Å². The fourth-order valence-electron chi connectivity index (χ4n) is 1.99. The zero-order chi connectivity index (χ0) is 13.1. The topological polar surface area (TPSA) is 44.3 Å². The maximum absolute atomic E-state index is 4.57. The molecule has 5 heteroatoms. The maximum atomic E-state index is 4.57. The van der Waals surface area contributed by atoms with Crippen LogP contribution in [0.1, 0.15) is 31.3 Å². The molecule has 100 valence electrons. The lowest BCUT2D eigenvalue weighted by molar-refractivity contribution is 0.178. The van der Waals surface area contributed by atoms with Crippen molar-refractivity contribution in [2.75, 3.05) is 38.7 Å². The highest BCUT2D eigenvalue weighted by molar-refractivity contribution is 5.35. The highest BCUT2D eigenvalue weighted by atomic mass is 15.5. The first-order valence-electron chi connectivity index (χ1n) is 6.60. The third-order valence-corrected chi connectivity index (χ3v) is 3.16. The molecule has 1 aromatic heterocycles. The van der Waals surface area contributed by atoms with Crippen molar-refractivity contribution in [1.82, 2.24) is 19.9 Å². The number of aromatic nitrogens is 2. The average molecular weight is 249 g/mol. The molecule has 0 saturated carbocycles. The number of anilines is 1. The number of rotatable bonds is 3. The maximum Gasteiger partial charge on any atom is 0.144 e. The van der Waals surface area contributed by atoms with E-state index in [1.165, 1.54) is 0 Å². The molecule has 1 saturated heterocycles. The highest BCUT2D eigenvalue weighted by Gasteiger charge is 2.14. The minimum absolute atomic E-state index is 0.359. The van der Waals surface area contributed by atoms with Gasteiger partial charge in [-0.1, -0.05) is 13.8 Å². The summed E-state index contributed by atoms with van der Waals surface area (Å²) >= 11 is 0. The summed E-state index contributed by atoms with van der Waals surface area (Å²) in [5, 5.41) is 2.23. The Morgan fingerprint density at radius 3 is 2.44 bits per heavy atom. The molecule has 0 bridgehead atoms. The summed E-state index contributed by atoms with van der Waals surface area (Å²) in [7, 11) is 2.16. The molecule has 1 fully saturated rings. The molecule has 0 spiro atoms. The number of nitrogens with one attached hydrogen (secondary N) is 1. The predicted molar refractivity (Wildman–Crippen MR) is 73.6 cm³/mol. The summed E-state index contributed by atoms with van der Waals surface area (Å²) in [5.74, 6) is 2.18. The van der Waals surface area contributed by atoms with Gasteiger partial charge in [-0.05, 0) is 14.0 Å². The van der Waals surface area contributed by atoms with Gasteiger partial charge in [0, 0.05) is 43.9 Å². The quantitative estimate of drug-likeness (QED) is 0.879. The molecule has 0 unspecified atom stereocenters. The van der Waals surface area contributed by atoms with Crippen LogP contribution in [0.5, 0.6) is 0 Å². The lowest BCUT2D eigenvalue weighted by atomic mass is 10.2. The highest BCUT2D eigenvalue weighted by Crippen LogP contribution is 2.14. The first kappa shape index (κ1) is 13.2. The van der Waals surface area contributed by atoms with Gasteiger partial charge < -0.3 is 10.3 Å². The van der Waals surface area contributed by atoms with Crippen molar-refractivity contribution < 1.29 is 0 Å². The van der Waals surface area contributed by atoms with Gasteiger partial charge in [-0.25, -0.2) is 15.0 Å². The van der Waals surface area contributed by atoms with Crippen LogP contribution in [-0.2, 0) is 0 Å². The Hall–Kier alpha value is -1.20. The fraction of sp³-hybridized carbons (Fsp3) is 0.692. The molecule has 1 N–H and O–H groups in total. The molecule has 2 rings (SSSR count). The number of piperazine rings is 1. The van der Waals surface area contributed by atoms with E-state index >= 15 is 0 Å². The van der Waals surface area contributed by atoms with Crippen LogP contribution in [-0.4, -0.2) is 53.1 Å². The second-order valence-electron chi connectivity index (χ2n) is 5.31. The number of hydrazine groups is 1. The van der Waals surface area contributed by atoms with E-state index < -0.39 is 0 Å². The fourth-order valence-corrected chi connectivity index (χ4v) is 1.99. The Kier molecular flexibility index (Phi) is 4.14. The van der Waals surface area contributed by atoms with Crippen LogP contribution < -0.4 is 5.43 Å². The summed E-state index contributed by atoms with van der Waals surface area (Å²) in [6, 6.07) is 2.00. The molecule has 0 aromatic carbocycles. The van der Waals surface area contributed by atoms with Crippen molar-refractivity contribution in [2.24, 2.45) is 0 Å². The lowest BCUT2D eigenvalue weighted by Crippen LogP contribution is -2.47. The van der Waals surface area contributed by atoms with Gasteiger partial charge in [-0.2, -0.15) is 0 Å². The van der Waals surface area contributed by atoms with E-state index in [9.17, 15) is 0 Å². The standard InChI is InChI=1S/C13H23N5/c1-10(2)13-14-11(3)9-12(15-13)16-18-7-5-17(4)6-8-18/h9-10H,5-8H2,1-4H3,(H,14,15,16). The van der Waals surface area contributed by atoms with Gasteiger partial charge in [0.15, 0.2) is 0 Å². The Balaban J connectivity index is 2.04. The van der Waals surface area contributed by atoms with E-state index in [0.717, 1.165) is 43.5 Å². The molecule has 0 amide bonds. The van der Waals surface area contributed by atoms with Gasteiger partial charge in [-0.15, -0.1) is 0 Å². The van der Waals surface area contributed by atoms with E-state index in [0.29, 0.717) is 5.92 Å². The summed E-state index contributed by atoms with van der Waals surface area (Å²) < 4.78 is 0. The molecule has 18 heavy (non-hydrogen) atoms. The molecule has 2 heterocycles. The monoisotopic (exact) mass is 249 g/mol. The smallest absolute Gasteiger partial charge is 0.144 e. The number of aryl methyl sites for hydroxylation is 1. The van der Waals surface area contributed by atoms with Gasteiger partial charge >= 0.3 is 0 Å². The normalized spacial score (nSPS) is 18.3. The van der Waals surface area contributed by atoms with E-state index in [-0.39, 0.29) is 0 Å². The Bertz CT molecular complexity index is 396. The van der Waals surface area contributed by atoms with Crippen molar-refractivity contribution >= 4 is 5.82 Å². The Morgan fingerprint density at radius 1 is 1.17 bits per heavy atom. The Labute approximate surface area is 109 Å². The summed E-state index contributed by atoms with van der Waals surface area (Å²) in [5.41, 5.74) is 4.41. The summed E-state index contributed by atoms with van der Waals surface area (Å²) in [4.78, 5) is 11.4. The SMILES string of the molecule is Cc1cc(NN2CCN(C)CC2)nc(C(C)C)n1. The Morgan fingerprint density at radius 2 is 1.83 bits per heavy atom. The largest absolute Gasteiger partial charge is 0.304 e. The van der Waals surface area contributed by atoms with Crippen molar-refractivity contribution in [3.63, 3.8) is 0 Å². The van der Waals surface area contributed by atoms with Crippen LogP contribution in [0.15, 0.2) is 6.07 Å². The first-order valence-corrected chi connectivity index (χ1v) is 6.60. The van der Waals surface area contributed by atoms with Gasteiger partial charge in [0.25, 0.3) is 0 Å². The number of likely N-dealkylation sites (N-methyl/N-ethyl adjacent to an activating group) is 1. The minimum atomic E-state index is 0.359. The third kappa shape index (κ3) is 3.40. The van der Waals surface area contributed by atoms with Gasteiger partial charge in [0.2, 0.25) is 0 Å². The molecule has 1 aliphatic rings. The van der Waals surface area contributed by atoms with Crippen LogP contribution in [0, 0.1) is 6.92 Å². The van der Waals surface area contributed by atoms with Crippen molar-refractivity contribution in [3.8, 4) is 0 Å². The number of nitrogens with zero attached hydrogens (tertiary/aromatic N) is 4. The van der Waals surface area contributed by atoms with Gasteiger partial charge in [-0.3, -0.25) is 0 Å². The zero-order valence-electron chi connectivity index (χ0n) is 11.8. The molecular weight excluding hydrogens is 226 g/mol. The van der Waals surface area contributed by atoms with Crippen molar-refractivity contribution in [2.45, 2.75) is 26.7 Å². The van der Waals surface area contributed by atoms with Crippen LogP contribution in [0.3, 0.4) is 0 Å².